The number of nitrogens with zero attached hydrogens (tertiary/aromatic N) is 1. The summed E-state index contributed by atoms with van der Waals surface area (Å²) >= 11 is 4.09. The van der Waals surface area contributed by atoms with Crippen molar-refractivity contribution in [3.05, 3.63) is 67.6 Å². The molecule has 2 N–H and O–H groups in total. The second-order valence-corrected chi connectivity index (χ2v) is 8.27. The van der Waals surface area contributed by atoms with Gasteiger partial charge in [0.05, 0.1) is 11.4 Å². The highest BCUT2D eigenvalue weighted by molar-refractivity contribution is 9.10. The molecule has 0 saturated carbocycles. The lowest BCUT2D eigenvalue weighted by Crippen LogP contribution is -2.15. The van der Waals surface area contributed by atoms with Crippen molar-refractivity contribution in [3.8, 4) is 16.9 Å². The number of sulfonamides is 1. The van der Waals surface area contributed by atoms with E-state index in [4.69, 9.17) is 5.14 Å². The van der Waals surface area contributed by atoms with Crippen LogP contribution in [0, 0.1) is 11.6 Å². The first-order chi connectivity index (χ1) is 11.7. The maximum absolute atomic E-state index is 14.4. The number of hydrogen-bond acceptors (Lipinski definition) is 4. The lowest BCUT2D eigenvalue weighted by Gasteiger charge is -2.10. The largest absolute Gasteiger partial charge is 0.312 e. The van der Waals surface area contributed by atoms with Gasteiger partial charge in [0, 0.05) is 15.4 Å². The van der Waals surface area contributed by atoms with Gasteiger partial charge >= 0.3 is 4.87 Å². The highest BCUT2D eigenvalue weighted by Gasteiger charge is 2.21. The van der Waals surface area contributed by atoms with Crippen molar-refractivity contribution in [2.24, 2.45) is 5.14 Å². The van der Waals surface area contributed by atoms with Gasteiger partial charge in [0.2, 0.25) is 10.0 Å². The highest BCUT2D eigenvalue weighted by atomic mass is 79.9. The Morgan fingerprint density at radius 2 is 1.72 bits per heavy atom. The van der Waals surface area contributed by atoms with Gasteiger partial charge in [0.15, 0.2) is 0 Å². The van der Waals surface area contributed by atoms with E-state index in [0.29, 0.717) is 17.8 Å². The molecule has 0 unspecified atom stereocenters. The lowest BCUT2D eigenvalue weighted by atomic mass is 10.1. The second kappa shape index (κ2) is 6.45. The Bertz CT molecular complexity index is 1120. The number of benzene rings is 2. The number of aromatic nitrogens is 1. The first-order valence-electron chi connectivity index (χ1n) is 6.67. The molecule has 0 aliphatic heterocycles. The predicted octanol–water partition coefficient (Wildman–Crippen LogP) is 3.25. The first kappa shape index (κ1) is 17.9. The molecule has 130 valence electrons. The van der Waals surface area contributed by atoms with Gasteiger partial charge in [0.1, 0.15) is 16.5 Å². The lowest BCUT2D eigenvalue weighted by molar-refractivity contribution is 0.555. The summed E-state index contributed by atoms with van der Waals surface area (Å²) in [6.07, 6.45) is 0. The van der Waals surface area contributed by atoms with Crippen LogP contribution in [0.25, 0.3) is 16.9 Å². The molecule has 3 rings (SSSR count). The Labute approximate surface area is 153 Å². The number of halogens is 3. The van der Waals surface area contributed by atoms with Crippen LogP contribution in [0.3, 0.4) is 0 Å². The maximum atomic E-state index is 14.4. The molecule has 0 aliphatic rings. The summed E-state index contributed by atoms with van der Waals surface area (Å²) in [7, 11) is -4.40. The summed E-state index contributed by atoms with van der Waals surface area (Å²) in [5, 5.41) is 6.24. The molecule has 0 bridgehead atoms. The maximum Gasteiger partial charge on any atom is 0.312 e. The fourth-order valence-electron chi connectivity index (χ4n) is 2.27. The van der Waals surface area contributed by atoms with Crippen molar-refractivity contribution in [2.75, 3.05) is 0 Å². The van der Waals surface area contributed by atoms with E-state index in [1.165, 1.54) is 9.95 Å². The topological polar surface area (TPSA) is 82.2 Å². The summed E-state index contributed by atoms with van der Waals surface area (Å²) in [5.74, 6) is -2.20. The molecule has 0 radical (unpaired) electrons. The van der Waals surface area contributed by atoms with Crippen molar-refractivity contribution in [3.63, 3.8) is 0 Å². The number of hydrogen-bond donors (Lipinski definition) is 1. The molecular formula is C15H9BrF2N2O3S2. The minimum Gasteiger partial charge on any atom is -0.267 e. The van der Waals surface area contributed by atoms with Crippen LogP contribution >= 0.6 is 27.3 Å². The first-order valence-corrected chi connectivity index (χ1v) is 9.89. The van der Waals surface area contributed by atoms with Gasteiger partial charge in [-0.3, -0.25) is 9.36 Å². The molecule has 25 heavy (non-hydrogen) atoms. The third kappa shape index (κ3) is 3.43. The smallest absolute Gasteiger partial charge is 0.267 e. The Morgan fingerprint density at radius 3 is 2.32 bits per heavy atom. The van der Waals surface area contributed by atoms with Crippen LogP contribution in [-0.2, 0) is 10.0 Å². The summed E-state index contributed by atoms with van der Waals surface area (Å²) in [4.78, 5) is 10.8. The standard InChI is InChI=1S/C15H9BrF2N2O3S2/c16-8-1-3-9(4-2-8)20-13(7-24-15(20)21)10-5-12(18)14(6-11(10)17)25(19,22)23/h1-7H,(H2,19,22,23). The van der Waals surface area contributed by atoms with Gasteiger partial charge in [0.25, 0.3) is 0 Å². The Kier molecular flexibility index (Phi) is 4.62. The molecule has 3 aromatic rings. The third-order valence-electron chi connectivity index (χ3n) is 3.38. The van der Waals surface area contributed by atoms with Gasteiger partial charge in [-0.1, -0.05) is 27.3 Å². The molecule has 0 amide bonds. The van der Waals surface area contributed by atoms with Gasteiger partial charge in [-0.2, -0.15) is 0 Å². The quantitative estimate of drug-likeness (QED) is 0.670. The predicted molar refractivity (Wildman–Crippen MR) is 94.3 cm³/mol. The van der Waals surface area contributed by atoms with Gasteiger partial charge in [-0.15, -0.1) is 0 Å². The van der Waals surface area contributed by atoms with E-state index in [-0.39, 0.29) is 11.3 Å². The fraction of sp³-hybridized carbons (Fsp3) is 0. The Hall–Kier alpha value is -1.88. The Morgan fingerprint density at radius 1 is 1.08 bits per heavy atom. The van der Waals surface area contributed by atoms with Crippen LogP contribution in [0.1, 0.15) is 0 Å². The molecule has 0 atom stereocenters. The zero-order valence-electron chi connectivity index (χ0n) is 12.2. The molecule has 0 spiro atoms. The summed E-state index contributed by atoms with van der Waals surface area (Å²) in [6.45, 7) is 0. The molecule has 0 saturated heterocycles. The number of nitrogens with two attached hydrogens (primary N) is 1. The molecule has 5 nitrogen and oxygen atoms in total. The van der Waals surface area contributed by atoms with Crippen LogP contribution in [-0.4, -0.2) is 13.0 Å². The Balaban J connectivity index is 2.24. The van der Waals surface area contributed by atoms with Crippen LogP contribution in [0.5, 0.6) is 0 Å². The summed E-state index contributed by atoms with van der Waals surface area (Å²) < 4.78 is 53.1. The minimum atomic E-state index is -4.40. The third-order valence-corrected chi connectivity index (χ3v) is 5.56. The van der Waals surface area contributed by atoms with E-state index in [2.05, 4.69) is 15.9 Å². The average Bonchev–Trinajstić information content (AvgIpc) is 2.90. The van der Waals surface area contributed by atoms with Crippen LogP contribution < -0.4 is 10.0 Å². The van der Waals surface area contributed by atoms with Gasteiger partial charge in [-0.25, -0.2) is 22.3 Å². The zero-order valence-corrected chi connectivity index (χ0v) is 15.5. The molecule has 0 fully saturated rings. The van der Waals surface area contributed by atoms with Crippen LogP contribution in [0.15, 0.2) is 55.9 Å². The molecule has 1 aromatic heterocycles. The van der Waals surface area contributed by atoms with E-state index >= 15 is 0 Å². The van der Waals surface area contributed by atoms with Crippen molar-refractivity contribution < 1.29 is 17.2 Å². The zero-order chi connectivity index (χ0) is 18.4. The minimum absolute atomic E-state index is 0.106. The van der Waals surface area contributed by atoms with Crippen molar-refractivity contribution >= 4 is 37.3 Å². The van der Waals surface area contributed by atoms with E-state index in [1.807, 2.05) is 0 Å². The molecule has 10 heteroatoms. The summed E-state index contributed by atoms with van der Waals surface area (Å²) in [6, 6.07) is 7.89. The van der Waals surface area contributed by atoms with E-state index in [9.17, 15) is 22.0 Å². The number of rotatable bonds is 3. The van der Waals surface area contributed by atoms with E-state index < -0.39 is 31.4 Å². The molecular weight excluding hydrogens is 438 g/mol. The van der Waals surface area contributed by atoms with Crippen molar-refractivity contribution in [2.45, 2.75) is 4.90 Å². The number of thiazole rings is 1. The number of primary sulfonamides is 1. The summed E-state index contributed by atoms with van der Waals surface area (Å²) in [5.41, 5.74) is 0.320. The fourth-order valence-corrected chi connectivity index (χ4v) is 3.89. The van der Waals surface area contributed by atoms with Crippen LogP contribution in [0.2, 0.25) is 0 Å². The SMILES string of the molecule is NS(=O)(=O)c1cc(F)c(-c2csc(=O)n2-c2ccc(Br)cc2)cc1F. The van der Waals surface area contributed by atoms with Crippen LogP contribution in [0.4, 0.5) is 8.78 Å². The molecule has 0 aliphatic carbocycles. The van der Waals surface area contributed by atoms with E-state index in [0.717, 1.165) is 15.8 Å². The average molecular weight is 447 g/mol. The highest BCUT2D eigenvalue weighted by Crippen LogP contribution is 2.29. The molecule has 1 heterocycles. The monoisotopic (exact) mass is 446 g/mol. The normalized spacial score (nSPS) is 11.7. The van der Waals surface area contributed by atoms with Crippen molar-refractivity contribution in [1.82, 2.24) is 4.57 Å². The van der Waals surface area contributed by atoms with E-state index in [1.54, 1.807) is 24.3 Å². The van der Waals surface area contributed by atoms with Gasteiger partial charge in [-0.05, 0) is 36.4 Å². The second-order valence-electron chi connectivity index (χ2n) is 5.01. The van der Waals surface area contributed by atoms with Crippen molar-refractivity contribution in [1.29, 1.82) is 0 Å². The van der Waals surface area contributed by atoms with Gasteiger partial charge < -0.3 is 0 Å². The molecule has 2 aromatic carbocycles.